The fourth-order valence-corrected chi connectivity index (χ4v) is 3.97. The molecule has 174 valence electrons. The zero-order chi connectivity index (χ0) is 24.2. The molecule has 6 nitrogen and oxygen atoms in total. The molecule has 0 atom stereocenters. The van der Waals surface area contributed by atoms with Crippen LogP contribution in [0.1, 0.15) is 18.1 Å². The Hall–Kier alpha value is -4.19. The summed E-state index contributed by atoms with van der Waals surface area (Å²) in [5.41, 5.74) is 5.68. The maximum atomic E-state index is 12.8. The lowest BCUT2D eigenvalue weighted by atomic mass is 9.98. The fraction of sp³-hybridized carbons (Fsp3) is 0.179. The fourth-order valence-electron chi connectivity index (χ4n) is 3.97. The number of carbonyl (C=O) groups is 1. The van der Waals surface area contributed by atoms with E-state index in [-0.39, 0.29) is 5.91 Å². The van der Waals surface area contributed by atoms with Gasteiger partial charge in [-0.25, -0.2) is 0 Å². The van der Waals surface area contributed by atoms with Gasteiger partial charge in [0.05, 0.1) is 33.3 Å². The molecular formula is C28H27NO5. The third-order valence-corrected chi connectivity index (χ3v) is 5.68. The lowest BCUT2D eigenvalue weighted by Crippen LogP contribution is -2.10. The molecule has 0 aliphatic carbocycles. The Bertz CT molecular complexity index is 1380. The van der Waals surface area contributed by atoms with Crippen LogP contribution in [-0.4, -0.2) is 27.2 Å². The van der Waals surface area contributed by atoms with Crippen LogP contribution in [0.5, 0.6) is 17.2 Å². The second-order valence-corrected chi connectivity index (χ2v) is 7.92. The van der Waals surface area contributed by atoms with E-state index < -0.39 is 0 Å². The van der Waals surface area contributed by atoms with Crippen molar-refractivity contribution < 1.29 is 23.4 Å². The van der Waals surface area contributed by atoms with Crippen molar-refractivity contribution in [3.8, 4) is 28.4 Å². The number of methoxy groups -OCH3 is 3. The van der Waals surface area contributed by atoms with E-state index >= 15 is 0 Å². The molecule has 4 aromatic rings. The molecule has 3 aromatic carbocycles. The number of rotatable bonds is 7. The van der Waals surface area contributed by atoms with Crippen molar-refractivity contribution in [1.29, 1.82) is 0 Å². The van der Waals surface area contributed by atoms with Crippen molar-refractivity contribution in [3.05, 3.63) is 78.1 Å². The Labute approximate surface area is 198 Å². The molecule has 0 fully saturated rings. The lowest BCUT2D eigenvalue weighted by Gasteiger charge is -2.12. The minimum Gasteiger partial charge on any atom is -0.496 e. The molecule has 0 bridgehead atoms. The summed E-state index contributed by atoms with van der Waals surface area (Å²) in [7, 11) is 4.82. The van der Waals surface area contributed by atoms with Gasteiger partial charge < -0.3 is 23.9 Å². The number of anilines is 1. The molecule has 1 heterocycles. The largest absolute Gasteiger partial charge is 0.496 e. The highest BCUT2D eigenvalue weighted by Crippen LogP contribution is 2.40. The number of ether oxygens (including phenoxy) is 3. The lowest BCUT2D eigenvalue weighted by molar-refractivity contribution is -0.111. The monoisotopic (exact) mass is 457 g/mol. The van der Waals surface area contributed by atoms with Gasteiger partial charge in [-0.15, -0.1) is 0 Å². The number of para-hydroxylation sites is 1. The van der Waals surface area contributed by atoms with Gasteiger partial charge in [0.15, 0.2) is 0 Å². The van der Waals surface area contributed by atoms with Crippen LogP contribution in [0.15, 0.2) is 71.4 Å². The second kappa shape index (κ2) is 9.75. The van der Waals surface area contributed by atoms with Crippen LogP contribution in [-0.2, 0) is 4.79 Å². The molecule has 34 heavy (non-hydrogen) atoms. The predicted octanol–water partition coefficient (Wildman–Crippen LogP) is 6.48. The molecule has 4 rings (SSSR count). The third kappa shape index (κ3) is 4.48. The number of allylic oxidation sites excluding steroid dienone is 1. The van der Waals surface area contributed by atoms with E-state index in [2.05, 4.69) is 5.32 Å². The second-order valence-electron chi connectivity index (χ2n) is 7.92. The molecule has 0 unspecified atom stereocenters. The summed E-state index contributed by atoms with van der Waals surface area (Å²) in [5.74, 6) is 1.70. The highest BCUT2D eigenvalue weighted by molar-refractivity contribution is 6.06. The third-order valence-electron chi connectivity index (χ3n) is 5.68. The molecule has 0 spiro atoms. The Morgan fingerprint density at radius 1 is 0.882 bits per heavy atom. The molecular weight excluding hydrogens is 430 g/mol. The molecule has 0 radical (unpaired) electrons. The minimum atomic E-state index is -0.263. The van der Waals surface area contributed by atoms with Gasteiger partial charge in [-0.05, 0) is 49.2 Å². The van der Waals surface area contributed by atoms with Gasteiger partial charge in [-0.2, -0.15) is 0 Å². The summed E-state index contributed by atoms with van der Waals surface area (Å²) in [6.45, 7) is 3.83. The number of benzene rings is 3. The Kier molecular flexibility index (Phi) is 6.59. The Morgan fingerprint density at radius 3 is 2.35 bits per heavy atom. The van der Waals surface area contributed by atoms with Crippen LogP contribution < -0.4 is 19.5 Å². The number of hydrogen-bond donors (Lipinski definition) is 1. The summed E-state index contributed by atoms with van der Waals surface area (Å²) in [6.07, 6.45) is 3.26. The normalized spacial score (nSPS) is 11.4. The molecule has 0 saturated heterocycles. The van der Waals surface area contributed by atoms with Gasteiger partial charge in [-0.3, -0.25) is 4.79 Å². The van der Waals surface area contributed by atoms with Gasteiger partial charge in [0.25, 0.3) is 0 Å². The maximum Gasteiger partial charge on any atom is 0.248 e. The van der Waals surface area contributed by atoms with Crippen molar-refractivity contribution in [2.24, 2.45) is 0 Å². The van der Waals surface area contributed by atoms with Gasteiger partial charge in [-0.1, -0.05) is 24.3 Å². The van der Waals surface area contributed by atoms with Crippen LogP contribution in [0.25, 0.3) is 27.7 Å². The van der Waals surface area contributed by atoms with Crippen molar-refractivity contribution in [1.82, 2.24) is 0 Å². The highest BCUT2D eigenvalue weighted by Gasteiger charge is 2.17. The van der Waals surface area contributed by atoms with Crippen LogP contribution in [0.3, 0.4) is 0 Å². The van der Waals surface area contributed by atoms with Crippen molar-refractivity contribution >= 4 is 28.1 Å². The first-order chi connectivity index (χ1) is 16.4. The molecule has 1 amide bonds. The van der Waals surface area contributed by atoms with Gasteiger partial charge in [0.2, 0.25) is 5.91 Å². The van der Waals surface area contributed by atoms with Crippen LogP contribution in [0.2, 0.25) is 0 Å². The van der Waals surface area contributed by atoms with Crippen LogP contribution in [0.4, 0.5) is 5.69 Å². The van der Waals surface area contributed by atoms with Crippen molar-refractivity contribution in [2.45, 2.75) is 13.8 Å². The number of furan rings is 1. The quantitative estimate of drug-likeness (QED) is 0.322. The topological polar surface area (TPSA) is 69.9 Å². The molecule has 0 aliphatic rings. The standard InChI is InChI=1S/C28H27NO5/c1-17-10-11-25(32-4)23(12-17)29-28(30)13-18(2)20-14-21-22(16-34-27(21)15-26(20)33-5)19-8-6-7-9-24(19)31-3/h6-16H,1-5H3,(H,29,30)/b18-13+. The van der Waals surface area contributed by atoms with E-state index in [1.165, 1.54) is 0 Å². The van der Waals surface area contributed by atoms with E-state index in [0.29, 0.717) is 22.8 Å². The van der Waals surface area contributed by atoms with Crippen molar-refractivity contribution in [2.75, 3.05) is 26.6 Å². The van der Waals surface area contributed by atoms with E-state index in [4.69, 9.17) is 18.6 Å². The average Bonchev–Trinajstić information content (AvgIpc) is 3.25. The summed E-state index contributed by atoms with van der Waals surface area (Å²) in [6, 6.07) is 17.2. The minimum absolute atomic E-state index is 0.263. The molecule has 1 aromatic heterocycles. The summed E-state index contributed by atoms with van der Waals surface area (Å²) in [5, 5.41) is 3.81. The summed E-state index contributed by atoms with van der Waals surface area (Å²) < 4.78 is 22.3. The number of aryl methyl sites for hydroxylation is 1. The maximum absolute atomic E-state index is 12.8. The zero-order valence-electron chi connectivity index (χ0n) is 19.9. The molecule has 0 saturated carbocycles. The number of carbonyl (C=O) groups excluding carboxylic acids is 1. The van der Waals surface area contributed by atoms with E-state index in [9.17, 15) is 4.79 Å². The van der Waals surface area contributed by atoms with E-state index in [0.717, 1.165) is 39.0 Å². The highest BCUT2D eigenvalue weighted by atomic mass is 16.5. The van der Waals surface area contributed by atoms with E-state index in [1.54, 1.807) is 33.7 Å². The summed E-state index contributed by atoms with van der Waals surface area (Å²) in [4.78, 5) is 12.8. The first-order valence-corrected chi connectivity index (χ1v) is 10.8. The number of fused-ring (bicyclic) bond motifs is 1. The first-order valence-electron chi connectivity index (χ1n) is 10.8. The summed E-state index contributed by atoms with van der Waals surface area (Å²) >= 11 is 0. The number of hydrogen-bond acceptors (Lipinski definition) is 5. The van der Waals surface area contributed by atoms with Crippen molar-refractivity contribution in [3.63, 3.8) is 0 Å². The Balaban J connectivity index is 1.73. The number of amides is 1. The van der Waals surface area contributed by atoms with Crippen LogP contribution in [0, 0.1) is 6.92 Å². The number of nitrogens with one attached hydrogen (secondary N) is 1. The van der Waals surface area contributed by atoms with Gasteiger partial charge in [0, 0.05) is 34.2 Å². The average molecular weight is 458 g/mol. The molecule has 0 aliphatic heterocycles. The zero-order valence-corrected chi connectivity index (χ0v) is 19.9. The van der Waals surface area contributed by atoms with Gasteiger partial charge in [0.1, 0.15) is 22.8 Å². The van der Waals surface area contributed by atoms with Crippen LogP contribution >= 0.6 is 0 Å². The first kappa shape index (κ1) is 23.0. The molecule has 6 heteroatoms. The predicted molar refractivity (Wildman–Crippen MR) is 135 cm³/mol. The molecule has 1 N–H and O–H groups in total. The SMILES string of the molecule is COc1ccc(C)cc1NC(=O)/C=C(\C)c1cc2c(-c3ccccc3OC)coc2cc1OC. The smallest absolute Gasteiger partial charge is 0.248 e. The van der Waals surface area contributed by atoms with Gasteiger partial charge >= 0.3 is 0 Å². The van der Waals surface area contributed by atoms with E-state index in [1.807, 2.05) is 68.4 Å². The Morgan fingerprint density at radius 2 is 1.62 bits per heavy atom.